The number of rotatable bonds is 4. The Balaban J connectivity index is 2.58. The van der Waals surface area contributed by atoms with Crippen molar-refractivity contribution in [1.82, 2.24) is 10.6 Å². The van der Waals surface area contributed by atoms with E-state index in [2.05, 4.69) is 38.3 Å². The molecule has 2 N–H and O–H groups in total. The fourth-order valence-electron chi connectivity index (χ4n) is 2.92. The lowest BCUT2D eigenvalue weighted by Gasteiger charge is -2.32. The van der Waals surface area contributed by atoms with E-state index in [0.717, 1.165) is 0 Å². The standard InChI is InChI=1S/C15H32N2/c1-12(2)16-14-10-8-6-5-7-9-11-15(14)17-13(3)4/h12-17H,5-11H2,1-4H3. The molecule has 0 aromatic rings. The van der Waals surface area contributed by atoms with E-state index in [1.807, 2.05) is 0 Å². The van der Waals surface area contributed by atoms with Crippen molar-refractivity contribution in [2.24, 2.45) is 0 Å². The van der Waals surface area contributed by atoms with Crippen LogP contribution in [0.4, 0.5) is 0 Å². The predicted molar refractivity (Wildman–Crippen MR) is 76.4 cm³/mol. The molecule has 1 fully saturated rings. The minimum Gasteiger partial charge on any atom is -0.310 e. The van der Waals surface area contributed by atoms with Crippen molar-refractivity contribution >= 4 is 0 Å². The summed E-state index contributed by atoms with van der Waals surface area (Å²) in [5.74, 6) is 0. The van der Waals surface area contributed by atoms with Crippen molar-refractivity contribution in [1.29, 1.82) is 0 Å². The summed E-state index contributed by atoms with van der Waals surface area (Å²) in [6.45, 7) is 9.05. The van der Waals surface area contributed by atoms with Crippen LogP contribution in [0.1, 0.15) is 72.6 Å². The zero-order chi connectivity index (χ0) is 12.7. The lowest BCUT2D eigenvalue weighted by Crippen LogP contribution is -2.51. The Morgan fingerprint density at radius 1 is 0.647 bits per heavy atom. The Morgan fingerprint density at radius 3 is 1.35 bits per heavy atom. The van der Waals surface area contributed by atoms with Crippen LogP contribution in [0.3, 0.4) is 0 Å². The Labute approximate surface area is 108 Å². The second-order valence-corrected chi connectivity index (χ2v) is 6.20. The van der Waals surface area contributed by atoms with Gasteiger partial charge in [-0.25, -0.2) is 0 Å². The molecule has 2 atom stereocenters. The van der Waals surface area contributed by atoms with Crippen molar-refractivity contribution in [3.8, 4) is 0 Å². The molecular formula is C15H32N2. The molecule has 0 spiro atoms. The van der Waals surface area contributed by atoms with Crippen LogP contribution in [-0.2, 0) is 0 Å². The van der Waals surface area contributed by atoms with Gasteiger partial charge in [-0.1, -0.05) is 59.8 Å². The van der Waals surface area contributed by atoms with Gasteiger partial charge in [-0.2, -0.15) is 0 Å². The molecule has 0 heterocycles. The molecule has 1 aliphatic carbocycles. The third kappa shape index (κ3) is 6.42. The highest BCUT2D eigenvalue weighted by Gasteiger charge is 2.22. The maximum atomic E-state index is 3.77. The van der Waals surface area contributed by atoms with E-state index >= 15 is 0 Å². The summed E-state index contributed by atoms with van der Waals surface area (Å²) in [5, 5.41) is 7.54. The molecule has 0 saturated heterocycles. The Bertz CT molecular complexity index is 169. The average Bonchev–Trinajstić information content (AvgIpc) is 2.31. The van der Waals surface area contributed by atoms with Gasteiger partial charge in [-0.05, 0) is 12.8 Å². The summed E-state index contributed by atoms with van der Waals surface area (Å²) in [5.41, 5.74) is 0. The van der Waals surface area contributed by atoms with Crippen molar-refractivity contribution in [3.05, 3.63) is 0 Å². The van der Waals surface area contributed by atoms with Gasteiger partial charge in [0.2, 0.25) is 0 Å². The lowest BCUT2D eigenvalue weighted by molar-refractivity contribution is 0.300. The Morgan fingerprint density at radius 2 is 1.00 bits per heavy atom. The molecule has 0 aromatic heterocycles. The first-order valence-electron chi connectivity index (χ1n) is 7.61. The van der Waals surface area contributed by atoms with Crippen LogP contribution in [0, 0.1) is 0 Å². The fraction of sp³-hybridized carbons (Fsp3) is 1.00. The van der Waals surface area contributed by atoms with E-state index < -0.39 is 0 Å². The predicted octanol–water partition coefficient (Wildman–Crippen LogP) is 3.46. The molecule has 2 unspecified atom stereocenters. The van der Waals surface area contributed by atoms with Gasteiger partial charge in [0.05, 0.1) is 0 Å². The van der Waals surface area contributed by atoms with E-state index in [1.54, 1.807) is 0 Å². The van der Waals surface area contributed by atoms with E-state index in [9.17, 15) is 0 Å². The summed E-state index contributed by atoms with van der Waals surface area (Å²) in [6.07, 6.45) is 9.73. The lowest BCUT2D eigenvalue weighted by atomic mass is 9.97. The van der Waals surface area contributed by atoms with Crippen molar-refractivity contribution in [3.63, 3.8) is 0 Å². The average molecular weight is 240 g/mol. The molecule has 0 bridgehead atoms. The van der Waals surface area contributed by atoms with Crippen LogP contribution in [0.5, 0.6) is 0 Å². The number of nitrogens with one attached hydrogen (secondary N) is 2. The summed E-state index contributed by atoms with van der Waals surface area (Å²) >= 11 is 0. The monoisotopic (exact) mass is 240 g/mol. The zero-order valence-corrected chi connectivity index (χ0v) is 12.3. The summed E-state index contributed by atoms with van der Waals surface area (Å²) in [6, 6.07) is 2.51. The highest BCUT2D eigenvalue weighted by atomic mass is 15.0. The summed E-state index contributed by atoms with van der Waals surface area (Å²) in [7, 11) is 0. The third-order valence-corrected chi connectivity index (χ3v) is 3.61. The van der Waals surface area contributed by atoms with Crippen LogP contribution < -0.4 is 10.6 Å². The van der Waals surface area contributed by atoms with E-state index in [1.165, 1.54) is 44.9 Å². The molecule has 0 amide bonds. The molecular weight excluding hydrogens is 208 g/mol. The second-order valence-electron chi connectivity index (χ2n) is 6.20. The normalized spacial score (nSPS) is 27.9. The van der Waals surface area contributed by atoms with Gasteiger partial charge in [0.1, 0.15) is 0 Å². The van der Waals surface area contributed by atoms with Crippen molar-refractivity contribution in [2.75, 3.05) is 0 Å². The van der Waals surface area contributed by atoms with Crippen LogP contribution in [0.2, 0.25) is 0 Å². The fourth-order valence-corrected chi connectivity index (χ4v) is 2.92. The quantitative estimate of drug-likeness (QED) is 0.786. The van der Waals surface area contributed by atoms with Gasteiger partial charge in [-0.3, -0.25) is 0 Å². The second kappa shape index (κ2) is 8.10. The van der Waals surface area contributed by atoms with E-state index in [-0.39, 0.29) is 0 Å². The largest absolute Gasteiger partial charge is 0.310 e. The third-order valence-electron chi connectivity index (χ3n) is 3.61. The molecule has 102 valence electrons. The number of hydrogen-bond acceptors (Lipinski definition) is 2. The van der Waals surface area contributed by atoms with Gasteiger partial charge in [0.15, 0.2) is 0 Å². The smallest absolute Gasteiger partial charge is 0.0223 e. The first-order chi connectivity index (χ1) is 8.09. The first-order valence-corrected chi connectivity index (χ1v) is 7.61. The SMILES string of the molecule is CC(C)NC1CCCCCCCC1NC(C)C. The molecule has 1 aliphatic rings. The van der Waals surface area contributed by atoms with Crippen molar-refractivity contribution in [2.45, 2.75) is 96.8 Å². The van der Waals surface area contributed by atoms with Gasteiger partial charge < -0.3 is 10.6 Å². The van der Waals surface area contributed by atoms with Crippen LogP contribution in [0.15, 0.2) is 0 Å². The maximum absolute atomic E-state index is 3.77. The summed E-state index contributed by atoms with van der Waals surface area (Å²) < 4.78 is 0. The molecule has 1 saturated carbocycles. The topological polar surface area (TPSA) is 24.1 Å². The minimum absolute atomic E-state index is 0.595. The molecule has 17 heavy (non-hydrogen) atoms. The van der Waals surface area contributed by atoms with Crippen LogP contribution >= 0.6 is 0 Å². The molecule has 2 nitrogen and oxygen atoms in total. The molecule has 2 heteroatoms. The van der Waals surface area contributed by atoms with E-state index in [4.69, 9.17) is 0 Å². The zero-order valence-electron chi connectivity index (χ0n) is 12.3. The van der Waals surface area contributed by atoms with Gasteiger partial charge in [0.25, 0.3) is 0 Å². The molecule has 1 rings (SSSR count). The van der Waals surface area contributed by atoms with Crippen LogP contribution in [0.25, 0.3) is 0 Å². The molecule has 0 aromatic carbocycles. The Hall–Kier alpha value is -0.0800. The van der Waals surface area contributed by atoms with Crippen LogP contribution in [-0.4, -0.2) is 24.2 Å². The first kappa shape index (κ1) is 15.0. The summed E-state index contributed by atoms with van der Waals surface area (Å²) in [4.78, 5) is 0. The highest BCUT2D eigenvalue weighted by molar-refractivity contribution is 4.85. The Kier molecular flexibility index (Phi) is 7.14. The molecule has 0 aliphatic heterocycles. The van der Waals surface area contributed by atoms with Crippen molar-refractivity contribution < 1.29 is 0 Å². The van der Waals surface area contributed by atoms with Gasteiger partial charge >= 0.3 is 0 Å². The number of hydrogen-bond donors (Lipinski definition) is 2. The highest BCUT2D eigenvalue weighted by Crippen LogP contribution is 2.18. The van der Waals surface area contributed by atoms with Gasteiger partial charge in [0, 0.05) is 24.2 Å². The van der Waals surface area contributed by atoms with E-state index in [0.29, 0.717) is 24.2 Å². The van der Waals surface area contributed by atoms with Gasteiger partial charge in [-0.15, -0.1) is 0 Å². The minimum atomic E-state index is 0.595. The molecule has 0 radical (unpaired) electrons. The maximum Gasteiger partial charge on any atom is 0.0223 e.